The van der Waals surface area contributed by atoms with Crippen LogP contribution in [0.3, 0.4) is 0 Å². The lowest BCUT2D eigenvalue weighted by Crippen LogP contribution is -2.49. The Labute approximate surface area is 132 Å². The summed E-state index contributed by atoms with van der Waals surface area (Å²) in [5.74, 6) is 0.906. The molecule has 0 bridgehead atoms. The van der Waals surface area contributed by atoms with Crippen LogP contribution in [-0.2, 0) is 11.3 Å². The highest BCUT2D eigenvalue weighted by Gasteiger charge is 2.24. The van der Waals surface area contributed by atoms with Gasteiger partial charge in [0.05, 0.1) is 13.2 Å². The molecule has 2 aliphatic heterocycles. The number of hydrogen-bond acceptors (Lipinski definition) is 6. The molecular formula is C15H28N6O. The Hall–Kier alpha value is -1.05. The minimum atomic E-state index is 0.710. The van der Waals surface area contributed by atoms with Crippen molar-refractivity contribution in [2.75, 3.05) is 45.9 Å². The summed E-state index contributed by atoms with van der Waals surface area (Å²) in [7, 11) is 0. The monoisotopic (exact) mass is 308 g/mol. The molecule has 7 heteroatoms. The molecule has 0 spiro atoms. The smallest absolute Gasteiger partial charge is 0.148 e. The Morgan fingerprint density at radius 1 is 1.14 bits per heavy atom. The van der Waals surface area contributed by atoms with Gasteiger partial charge in [-0.25, -0.2) is 4.68 Å². The summed E-state index contributed by atoms with van der Waals surface area (Å²) in [5, 5.41) is 11.7. The molecule has 7 nitrogen and oxygen atoms in total. The van der Waals surface area contributed by atoms with Gasteiger partial charge in [0.25, 0.3) is 0 Å². The maximum Gasteiger partial charge on any atom is 0.148 e. The third-order valence-electron chi connectivity index (χ3n) is 4.85. The van der Waals surface area contributed by atoms with Crippen LogP contribution in [0, 0.1) is 6.92 Å². The Morgan fingerprint density at radius 2 is 2.00 bits per heavy atom. The van der Waals surface area contributed by atoms with Crippen LogP contribution in [0.15, 0.2) is 0 Å². The first kappa shape index (κ1) is 15.8. The molecule has 0 N–H and O–H groups in total. The summed E-state index contributed by atoms with van der Waals surface area (Å²) in [6.45, 7) is 10.4. The fourth-order valence-electron chi connectivity index (χ4n) is 3.52. The van der Waals surface area contributed by atoms with E-state index in [-0.39, 0.29) is 0 Å². The van der Waals surface area contributed by atoms with Crippen LogP contribution < -0.4 is 0 Å². The fourth-order valence-corrected chi connectivity index (χ4v) is 3.52. The van der Waals surface area contributed by atoms with E-state index in [1.54, 1.807) is 0 Å². The number of likely N-dealkylation sites (tertiary alicyclic amines) is 1. The third kappa shape index (κ3) is 4.24. The van der Waals surface area contributed by atoms with Crippen molar-refractivity contribution in [2.45, 2.75) is 45.2 Å². The van der Waals surface area contributed by atoms with Crippen molar-refractivity contribution in [1.82, 2.24) is 30.0 Å². The van der Waals surface area contributed by atoms with Gasteiger partial charge in [0, 0.05) is 38.8 Å². The molecule has 0 aromatic carbocycles. The van der Waals surface area contributed by atoms with Crippen LogP contribution in [0.1, 0.15) is 31.5 Å². The van der Waals surface area contributed by atoms with E-state index in [4.69, 9.17) is 4.74 Å². The highest BCUT2D eigenvalue weighted by atomic mass is 16.5. The van der Waals surface area contributed by atoms with Gasteiger partial charge in [0.15, 0.2) is 0 Å². The van der Waals surface area contributed by atoms with Crippen LogP contribution >= 0.6 is 0 Å². The molecule has 3 rings (SSSR count). The summed E-state index contributed by atoms with van der Waals surface area (Å²) in [5.41, 5.74) is 0. The van der Waals surface area contributed by atoms with Crippen molar-refractivity contribution in [2.24, 2.45) is 0 Å². The second-order valence-corrected chi connectivity index (χ2v) is 6.40. The number of tetrazole rings is 1. The highest BCUT2D eigenvalue weighted by Crippen LogP contribution is 2.19. The summed E-state index contributed by atoms with van der Waals surface area (Å²) in [4.78, 5) is 5.25. The number of morpholine rings is 1. The second kappa shape index (κ2) is 7.99. The molecule has 0 aliphatic carbocycles. The molecule has 1 aromatic heterocycles. The van der Waals surface area contributed by atoms with Gasteiger partial charge in [-0.05, 0) is 43.2 Å². The fraction of sp³-hybridized carbons (Fsp3) is 0.933. The summed E-state index contributed by atoms with van der Waals surface area (Å²) < 4.78 is 7.36. The van der Waals surface area contributed by atoms with E-state index in [1.807, 2.05) is 11.6 Å². The molecule has 2 aliphatic rings. The van der Waals surface area contributed by atoms with E-state index in [0.29, 0.717) is 6.04 Å². The van der Waals surface area contributed by atoms with Crippen molar-refractivity contribution < 1.29 is 4.74 Å². The van der Waals surface area contributed by atoms with Crippen molar-refractivity contribution in [3.63, 3.8) is 0 Å². The Balaban J connectivity index is 1.46. The Morgan fingerprint density at radius 3 is 2.77 bits per heavy atom. The molecule has 2 saturated heterocycles. The lowest BCUT2D eigenvalue weighted by Gasteiger charge is -2.39. The normalized spacial score (nSPS) is 24.7. The van der Waals surface area contributed by atoms with E-state index >= 15 is 0 Å². The summed E-state index contributed by atoms with van der Waals surface area (Å²) >= 11 is 0. The van der Waals surface area contributed by atoms with Gasteiger partial charge in [-0.1, -0.05) is 6.42 Å². The summed E-state index contributed by atoms with van der Waals surface area (Å²) in [6, 6.07) is 0.710. The lowest BCUT2D eigenvalue weighted by atomic mass is 10.0. The van der Waals surface area contributed by atoms with Crippen LogP contribution in [0.25, 0.3) is 0 Å². The quantitative estimate of drug-likeness (QED) is 0.765. The zero-order chi connectivity index (χ0) is 15.2. The molecule has 1 atom stereocenters. The molecule has 2 fully saturated rings. The molecule has 0 saturated carbocycles. The topological polar surface area (TPSA) is 59.3 Å². The Kier molecular flexibility index (Phi) is 5.75. The van der Waals surface area contributed by atoms with Crippen molar-refractivity contribution >= 4 is 0 Å². The minimum Gasteiger partial charge on any atom is -0.379 e. The minimum absolute atomic E-state index is 0.710. The molecule has 124 valence electrons. The number of piperidine rings is 1. The van der Waals surface area contributed by atoms with Crippen LogP contribution in [0.4, 0.5) is 0 Å². The van der Waals surface area contributed by atoms with Crippen LogP contribution in [0.2, 0.25) is 0 Å². The first-order valence-corrected chi connectivity index (χ1v) is 8.60. The van der Waals surface area contributed by atoms with Crippen molar-refractivity contribution in [3.8, 4) is 0 Å². The molecular weight excluding hydrogens is 280 g/mol. The zero-order valence-electron chi connectivity index (χ0n) is 13.7. The SMILES string of the molecule is Cc1nnnn1CCCN1CCCC[C@H]1CN1CCOCC1. The van der Waals surface area contributed by atoms with E-state index in [2.05, 4.69) is 25.3 Å². The van der Waals surface area contributed by atoms with Gasteiger partial charge in [-0.15, -0.1) is 5.10 Å². The van der Waals surface area contributed by atoms with Crippen LogP contribution in [-0.4, -0.2) is 82.0 Å². The Bertz CT molecular complexity index is 445. The number of ether oxygens (including phenoxy) is 1. The van der Waals surface area contributed by atoms with Gasteiger partial charge in [0.2, 0.25) is 0 Å². The molecule has 0 radical (unpaired) electrons. The standard InChI is InChI=1S/C15H28N6O/c1-14-16-17-18-21(14)8-4-7-20-6-3-2-5-15(20)13-19-9-11-22-12-10-19/h15H,2-13H2,1H3/t15-/m0/s1. The molecule has 3 heterocycles. The molecule has 1 aromatic rings. The number of aryl methyl sites for hydroxylation is 2. The first-order valence-electron chi connectivity index (χ1n) is 8.60. The van der Waals surface area contributed by atoms with Gasteiger partial charge in [-0.3, -0.25) is 9.80 Å². The van der Waals surface area contributed by atoms with Crippen LogP contribution in [0.5, 0.6) is 0 Å². The molecule has 22 heavy (non-hydrogen) atoms. The maximum absolute atomic E-state index is 5.46. The number of rotatable bonds is 6. The van der Waals surface area contributed by atoms with Gasteiger partial charge >= 0.3 is 0 Å². The predicted molar refractivity (Wildman–Crippen MR) is 83.6 cm³/mol. The average molecular weight is 308 g/mol. The lowest BCUT2D eigenvalue weighted by molar-refractivity contribution is 0.0163. The van der Waals surface area contributed by atoms with E-state index in [1.165, 1.54) is 32.4 Å². The van der Waals surface area contributed by atoms with Gasteiger partial charge in [-0.2, -0.15) is 0 Å². The molecule has 0 amide bonds. The number of hydrogen-bond donors (Lipinski definition) is 0. The predicted octanol–water partition coefficient (Wildman–Crippen LogP) is 0.558. The number of aromatic nitrogens is 4. The average Bonchev–Trinajstić information content (AvgIpc) is 2.95. The van der Waals surface area contributed by atoms with E-state index in [9.17, 15) is 0 Å². The second-order valence-electron chi connectivity index (χ2n) is 6.40. The largest absolute Gasteiger partial charge is 0.379 e. The first-order chi connectivity index (χ1) is 10.8. The number of nitrogens with zero attached hydrogens (tertiary/aromatic N) is 6. The summed E-state index contributed by atoms with van der Waals surface area (Å²) in [6.07, 6.45) is 5.16. The maximum atomic E-state index is 5.46. The van der Waals surface area contributed by atoms with E-state index < -0.39 is 0 Å². The highest BCUT2D eigenvalue weighted by molar-refractivity contribution is 4.81. The van der Waals surface area contributed by atoms with Gasteiger partial charge in [0.1, 0.15) is 5.82 Å². The zero-order valence-corrected chi connectivity index (χ0v) is 13.7. The van der Waals surface area contributed by atoms with Gasteiger partial charge < -0.3 is 4.74 Å². The third-order valence-corrected chi connectivity index (χ3v) is 4.85. The van der Waals surface area contributed by atoms with Crippen molar-refractivity contribution in [3.05, 3.63) is 5.82 Å². The van der Waals surface area contributed by atoms with Crippen molar-refractivity contribution in [1.29, 1.82) is 0 Å². The molecule has 0 unspecified atom stereocenters. The van der Waals surface area contributed by atoms with E-state index in [0.717, 1.165) is 51.6 Å².